The van der Waals surface area contributed by atoms with Crippen molar-refractivity contribution in [1.82, 2.24) is 20.7 Å². The molecule has 9 heavy (non-hydrogen) atoms. The fourth-order valence-electron chi connectivity index (χ4n) is 0.464. The molecule has 0 saturated carbocycles. The molecule has 0 spiro atoms. The molecule has 0 unspecified atom stereocenters. The van der Waals surface area contributed by atoms with Crippen molar-refractivity contribution in [1.29, 1.82) is 0 Å². The predicted molar refractivity (Wildman–Crippen MR) is 28.1 cm³/mol. The second kappa shape index (κ2) is 2.25. The summed E-state index contributed by atoms with van der Waals surface area (Å²) in [4.78, 5) is 10.1. The lowest BCUT2D eigenvalue weighted by Gasteiger charge is -1.89. The largest absolute Gasteiger partial charge is 0.271 e. The molecule has 1 heterocycles. The van der Waals surface area contributed by atoms with Gasteiger partial charge in [0.1, 0.15) is 6.54 Å². The molecule has 0 aliphatic heterocycles. The quantitative estimate of drug-likeness (QED) is 0.513. The van der Waals surface area contributed by atoms with Crippen LogP contribution in [0.3, 0.4) is 0 Å². The van der Waals surface area contributed by atoms with Crippen LogP contribution in [-0.2, 0) is 11.3 Å². The highest BCUT2D eigenvalue weighted by Crippen LogP contribution is 1.78. The Morgan fingerprint density at radius 1 is 1.78 bits per heavy atom. The number of aromatic nitrogens is 3. The van der Waals surface area contributed by atoms with Gasteiger partial charge in [0.25, 0.3) is 5.91 Å². The summed E-state index contributed by atoms with van der Waals surface area (Å²) in [6, 6.07) is 0. The van der Waals surface area contributed by atoms with Gasteiger partial charge in [-0.3, -0.25) is 10.5 Å². The van der Waals surface area contributed by atoms with E-state index in [1.54, 1.807) is 0 Å². The number of nitrogens with zero attached hydrogens (tertiary/aromatic N) is 3. The van der Waals surface area contributed by atoms with Crippen molar-refractivity contribution in [2.45, 2.75) is 6.54 Å². The fourth-order valence-corrected chi connectivity index (χ4v) is 0.464. The van der Waals surface area contributed by atoms with E-state index in [-0.39, 0.29) is 6.54 Å². The van der Waals surface area contributed by atoms with Crippen LogP contribution in [0.2, 0.25) is 0 Å². The average Bonchev–Trinajstić information content (AvgIpc) is 2.15. The van der Waals surface area contributed by atoms with E-state index in [1.807, 2.05) is 0 Å². The summed E-state index contributed by atoms with van der Waals surface area (Å²) in [7, 11) is 0. The first-order chi connectivity index (χ1) is 4.29. The molecule has 1 rings (SSSR count). The Morgan fingerprint density at radius 3 is 3.00 bits per heavy atom. The van der Waals surface area contributed by atoms with Crippen molar-refractivity contribution in [2.24, 2.45) is 0 Å². The van der Waals surface area contributed by atoms with Gasteiger partial charge in [-0.1, -0.05) is 5.21 Å². The van der Waals surface area contributed by atoms with Crippen LogP contribution in [0, 0.1) is 0 Å². The van der Waals surface area contributed by atoms with Crippen LogP contribution in [0.1, 0.15) is 0 Å². The van der Waals surface area contributed by atoms with Gasteiger partial charge < -0.3 is 0 Å². The number of nitrogens with one attached hydrogen (secondary N) is 1. The van der Waals surface area contributed by atoms with Crippen LogP contribution < -0.4 is 5.73 Å². The Labute approximate surface area is 51.5 Å². The number of carbonyl (C=O) groups excluding carboxylic acids is 1. The Kier molecular flexibility index (Phi) is 1.44. The van der Waals surface area contributed by atoms with Crippen molar-refractivity contribution in [3.63, 3.8) is 0 Å². The maximum Gasteiger partial charge on any atom is 0.260 e. The minimum Gasteiger partial charge on any atom is -0.271 e. The van der Waals surface area contributed by atoms with Crippen molar-refractivity contribution in [3.8, 4) is 0 Å². The summed E-state index contributed by atoms with van der Waals surface area (Å²) in [6.07, 6.45) is 3.00. The van der Waals surface area contributed by atoms with Gasteiger partial charge in [0, 0.05) is 6.20 Å². The molecule has 47 valence electrons. The normalized spacial score (nSPS) is 9.33. The van der Waals surface area contributed by atoms with Gasteiger partial charge in [-0.25, -0.2) is 4.68 Å². The molecule has 5 heteroatoms. The number of hydrogen-bond donors (Lipinski definition) is 0. The molecule has 1 aromatic heterocycles. The summed E-state index contributed by atoms with van der Waals surface area (Å²) in [6.45, 7) is -0.0139. The second-order valence-corrected chi connectivity index (χ2v) is 1.52. The topological polar surface area (TPSA) is 71.6 Å². The molecule has 0 atom stereocenters. The minimum absolute atomic E-state index is 0.0139. The minimum atomic E-state index is -0.666. The molecular formula is C4H5N4O. The number of hydrogen-bond acceptors (Lipinski definition) is 3. The Balaban J connectivity index is 2.58. The Hall–Kier alpha value is -1.39. The summed E-state index contributed by atoms with van der Waals surface area (Å²) in [5.41, 5.74) is 6.53. The number of rotatable bonds is 2. The van der Waals surface area contributed by atoms with Gasteiger partial charge in [0.15, 0.2) is 0 Å². The zero-order valence-corrected chi connectivity index (χ0v) is 4.61. The first-order valence-electron chi connectivity index (χ1n) is 2.37. The molecule has 0 aliphatic carbocycles. The lowest BCUT2D eigenvalue weighted by atomic mass is 10.6. The van der Waals surface area contributed by atoms with E-state index in [1.165, 1.54) is 17.1 Å². The summed E-state index contributed by atoms with van der Waals surface area (Å²) in [5.74, 6) is -0.666. The van der Waals surface area contributed by atoms with Crippen LogP contribution in [-0.4, -0.2) is 20.9 Å². The van der Waals surface area contributed by atoms with E-state index >= 15 is 0 Å². The zero-order valence-electron chi connectivity index (χ0n) is 4.61. The van der Waals surface area contributed by atoms with Gasteiger partial charge in [-0.05, 0) is 0 Å². The third kappa shape index (κ3) is 1.52. The van der Waals surface area contributed by atoms with Crippen molar-refractivity contribution < 1.29 is 4.79 Å². The third-order valence-electron chi connectivity index (χ3n) is 0.778. The summed E-state index contributed by atoms with van der Waals surface area (Å²) < 4.78 is 1.30. The van der Waals surface area contributed by atoms with Crippen molar-refractivity contribution in [3.05, 3.63) is 12.4 Å². The van der Waals surface area contributed by atoms with E-state index < -0.39 is 5.91 Å². The SMILES string of the molecule is [NH]C(=O)Cn1ccnn1. The van der Waals surface area contributed by atoms with E-state index in [0.29, 0.717) is 0 Å². The maximum absolute atomic E-state index is 10.1. The van der Waals surface area contributed by atoms with Crippen molar-refractivity contribution in [2.75, 3.05) is 0 Å². The molecule has 1 radical (unpaired) electrons. The standard InChI is InChI=1S/C4H5N4O/c5-4(9)3-8-2-1-6-7-8/h1-2,5H,3H2. The van der Waals surface area contributed by atoms with Crippen LogP contribution in [0.4, 0.5) is 0 Å². The molecular weight excluding hydrogens is 120 g/mol. The van der Waals surface area contributed by atoms with Crippen LogP contribution in [0.15, 0.2) is 12.4 Å². The number of amides is 1. The second-order valence-electron chi connectivity index (χ2n) is 1.52. The van der Waals surface area contributed by atoms with Gasteiger partial charge in [-0.2, -0.15) is 0 Å². The van der Waals surface area contributed by atoms with Gasteiger partial charge in [0.2, 0.25) is 0 Å². The molecule has 1 aromatic rings. The predicted octanol–water partition coefficient (Wildman–Crippen LogP) is -0.912. The van der Waals surface area contributed by atoms with Crippen LogP contribution >= 0.6 is 0 Å². The van der Waals surface area contributed by atoms with E-state index in [4.69, 9.17) is 5.73 Å². The molecule has 0 fully saturated rings. The monoisotopic (exact) mass is 125 g/mol. The Bertz CT molecular complexity index is 192. The highest BCUT2D eigenvalue weighted by Gasteiger charge is 1.95. The molecule has 0 aliphatic rings. The molecule has 0 saturated heterocycles. The molecule has 0 bridgehead atoms. The van der Waals surface area contributed by atoms with Crippen LogP contribution in [0.5, 0.6) is 0 Å². The van der Waals surface area contributed by atoms with Gasteiger partial charge in [0.05, 0.1) is 6.20 Å². The lowest BCUT2D eigenvalue weighted by molar-refractivity contribution is -0.119. The van der Waals surface area contributed by atoms with Crippen LogP contribution in [0.25, 0.3) is 0 Å². The third-order valence-corrected chi connectivity index (χ3v) is 0.778. The Morgan fingerprint density at radius 2 is 2.56 bits per heavy atom. The first-order valence-corrected chi connectivity index (χ1v) is 2.37. The lowest BCUT2D eigenvalue weighted by Crippen LogP contribution is -2.10. The molecule has 5 nitrogen and oxygen atoms in total. The van der Waals surface area contributed by atoms with Gasteiger partial charge in [-0.15, -0.1) is 5.10 Å². The maximum atomic E-state index is 10.1. The molecule has 1 amide bonds. The van der Waals surface area contributed by atoms with Gasteiger partial charge >= 0.3 is 0 Å². The smallest absolute Gasteiger partial charge is 0.260 e. The average molecular weight is 125 g/mol. The zero-order chi connectivity index (χ0) is 6.69. The van der Waals surface area contributed by atoms with E-state index in [2.05, 4.69) is 10.3 Å². The number of carbonyl (C=O) groups is 1. The van der Waals surface area contributed by atoms with E-state index in [9.17, 15) is 4.79 Å². The highest BCUT2D eigenvalue weighted by molar-refractivity contribution is 5.72. The van der Waals surface area contributed by atoms with E-state index in [0.717, 1.165) is 0 Å². The first kappa shape index (κ1) is 5.74. The fraction of sp³-hybridized carbons (Fsp3) is 0.250. The summed E-state index contributed by atoms with van der Waals surface area (Å²) >= 11 is 0. The summed E-state index contributed by atoms with van der Waals surface area (Å²) in [5, 5.41) is 6.93. The van der Waals surface area contributed by atoms with Crippen molar-refractivity contribution >= 4 is 5.91 Å². The highest BCUT2D eigenvalue weighted by atomic mass is 16.1. The molecule has 1 N–H and O–H groups in total. The molecule has 0 aromatic carbocycles.